The van der Waals surface area contributed by atoms with Gasteiger partial charge in [-0.05, 0) is 0 Å². The minimum absolute atomic E-state index is 0.877. The molecule has 0 saturated heterocycles. The Bertz CT molecular complexity index is 91.1. The third-order valence-corrected chi connectivity index (χ3v) is 4.80. The zero-order valence-electron chi connectivity index (χ0n) is 9.64. The van der Waals surface area contributed by atoms with E-state index < -0.39 is 0 Å². The van der Waals surface area contributed by atoms with Crippen LogP contribution in [0.15, 0.2) is 0 Å². The molecule has 0 spiro atoms. The molecule has 0 N–H and O–H groups in total. The van der Waals surface area contributed by atoms with Gasteiger partial charge in [0.2, 0.25) is 0 Å². The minimum atomic E-state index is 0.877. The molecular formula is C12H26Se. The molecule has 0 aliphatic rings. The monoisotopic (exact) mass is 250 g/mol. The summed E-state index contributed by atoms with van der Waals surface area (Å²) in [6, 6.07) is 0. The number of rotatable bonds is 9. The Balaban J connectivity index is 2.91. The molecule has 80 valence electrons. The molecule has 1 heteroatoms. The van der Waals surface area contributed by atoms with Crippen LogP contribution in [0.3, 0.4) is 0 Å². The van der Waals surface area contributed by atoms with Gasteiger partial charge in [-0.2, -0.15) is 0 Å². The average molecular weight is 249 g/mol. The number of hydrogen-bond acceptors (Lipinski definition) is 0. The van der Waals surface area contributed by atoms with Crippen molar-refractivity contribution in [2.75, 3.05) is 0 Å². The summed E-state index contributed by atoms with van der Waals surface area (Å²) < 4.78 is 0. The summed E-state index contributed by atoms with van der Waals surface area (Å²) in [5, 5.41) is 0. The van der Waals surface area contributed by atoms with Gasteiger partial charge in [0.05, 0.1) is 0 Å². The maximum absolute atomic E-state index is 2.40. The molecule has 0 aromatic heterocycles. The van der Waals surface area contributed by atoms with Gasteiger partial charge in [0.25, 0.3) is 0 Å². The van der Waals surface area contributed by atoms with Crippen molar-refractivity contribution in [2.45, 2.75) is 75.9 Å². The van der Waals surface area contributed by atoms with Crippen molar-refractivity contribution >= 4 is 15.0 Å². The van der Waals surface area contributed by atoms with E-state index in [1.165, 1.54) is 51.4 Å². The Morgan fingerprint density at radius 3 is 2.00 bits per heavy atom. The van der Waals surface area contributed by atoms with E-state index in [9.17, 15) is 0 Å². The molecule has 0 aliphatic heterocycles. The molecule has 1 unspecified atom stereocenters. The summed E-state index contributed by atoms with van der Waals surface area (Å²) in [6.07, 6.45) is 11.6. The molecule has 0 amide bonds. The van der Waals surface area contributed by atoms with Crippen LogP contribution in [-0.4, -0.2) is 15.0 Å². The van der Waals surface area contributed by atoms with Gasteiger partial charge in [0.15, 0.2) is 0 Å². The average Bonchev–Trinajstić information content (AvgIpc) is 2.16. The molecule has 0 fully saturated rings. The molecule has 0 aromatic carbocycles. The zero-order valence-corrected chi connectivity index (χ0v) is 11.4. The first-order chi connectivity index (χ1) is 6.31. The summed E-state index contributed by atoms with van der Waals surface area (Å²) >= 11 is 0.877. The van der Waals surface area contributed by atoms with E-state index in [0.717, 1.165) is 19.8 Å². The van der Waals surface area contributed by atoms with Crippen LogP contribution in [0.25, 0.3) is 0 Å². The van der Waals surface area contributed by atoms with Crippen LogP contribution >= 0.6 is 0 Å². The van der Waals surface area contributed by atoms with E-state index in [1.54, 1.807) is 0 Å². The van der Waals surface area contributed by atoms with Gasteiger partial charge in [-0.3, -0.25) is 0 Å². The van der Waals surface area contributed by atoms with E-state index in [-0.39, 0.29) is 0 Å². The molecule has 0 bridgehead atoms. The molecule has 0 aromatic rings. The Kier molecular flexibility index (Phi) is 11.0. The molecule has 1 atom stereocenters. The van der Waals surface area contributed by atoms with E-state index in [0.29, 0.717) is 0 Å². The molecular weight excluding hydrogens is 223 g/mol. The molecule has 0 rings (SSSR count). The second-order valence-corrected chi connectivity index (χ2v) is 6.63. The van der Waals surface area contributed by atoms with E-state index >= 15 is 0 Å². The number of hydrogen-bond donors (Lipinski definition) is 0. The van der Waals surface area contributed by atoms with Gasteiger partial charge in [-0.25, -0.2) is 0 Å². The summed E-state index contributed by atoms with van der Waals surface area (Å²) in [7, 11) is 0. The SMILES string of the molecule is CCCCCCCCCC(C)[Se]C. The third kappa shape index (κ3) is 10.4. The Morgan fingerprint density at radius 2 is 1.46 bits per heavy atom. The van der Waals surface area contributed by atoms with Crippen LogP contribution in [-0.2, 0) is 0 Å². The van der Waals surface area contributed by atoms with Crippen LogP contribution in [0.1, 0.15) is 65.2 Å². The molecule has 0 heterocycles. The number of unbranched alkanes of at least 4 members (excludes halogenated alkanes) is 6. The first-order valence-corrected chi connectivity index (χ1v) is 8.54. The van der Waals surface area contributed by atoms with Gasteiger partial charge in [0, 0.05) is 0 Å². The standard InChI is InChI=1S/C12H26Se/c1-4-5-6-7-8-9-10-11-12(2)13-3/h12H,4-11H2,1-3H3. The van der Waals surface area contributed by atoms with Crippen molar-refractivity contribution in [3.05, 3.63) is 0 Å². The summed E-state index contributed by atoms with van der Waals surface area (Å²) in [4.78, 5) is 1.02. The van der Waals surface area contributed by atoms with Gasteiger partial charge < -0.3 is 0 Å². The van der Waals surface area contributed by atoms with E-state index in [4.69, 9.17) is 0 Å². The second-order valence-electron chi connectivity index (χ2n) is 3.96. The van der Waals surface area contributed by atoms with Crippen molar-refractivity contribution in [2.24, 2.45) is 0 Å². The first kappa shape index (κ1) is 13.5. The van der Waals surface area contributed by atoms with E-state index in [1.807, 2.05) is 0 Å². The Labute approximate surface area is 91.0 Å². The molecule has 0 nitrogen and oxygen atoms in total. The maximum atomic E-state index is 2.40. The molecule has 0 saturated carbocycles. The summed E-state index contributed by atoms with van der Waals surface area (Å²) in [5.41, 5.74) is 0. The van der Waals surface area contributed by atoms with Gasteiger partial charge in [-0.15, -0.1) is 0 Å². The molecule has 0 aliphatic carbocycles. The van der Waals surface area contributed by atoms with Crippen molar-refractivity contribution < 1.29 is 0 Å². The normalized spacial score (nSPS) is 13.2. The van der Waals surface area contributed by atoms with Crippen molar-refractivity contribution in [3.8, 4) is 0 Å². The zero-order chi connectivity index (χ0) is 9.94. The van der Waals surface area contributed by atoms with Gasteiger partial charge in [-0.1, -0.05) is 0 Å². The van der Waals surface area contributed by atoms with Gasteiger partial charge >= 0.3 is 90.8 Å². The Hall–Kier alpha value is 0.519. The van der Waals surface area contributed by atoms with Crippen LogP contribution in [0.2, 0.25) is 10.6 Å². The van der Waals surface area contributed by atoms with Crippen LogP contribution in [0, 0.1) is 0 Å². The first-order valence-electron chi connectivity index (χ1n) is 5.84. The summed E-state index contributed by atoms with van der Waals surface area (Å²) in [5.74, 6) is 2.36. The fourth-order valence-corrected chi connectivity index (χ4v) is 2.35. The molecule has 0 radical (unpaired) electrons. The topological polar surface area (TPSA) is 0 Å². The van der Waals surface area contributed by atoms with E-state index in [2.05, 4.69) is 19.7 Å². The Morgan fingerprint density at radius 1 is 0.923 bits per heavy atom. The van der Waals surface area contributed by atoms with Crippen LogP contribution in [0.5, 0.6) is 0 Å². The van der Waals surface area contributed by atoms with Crippen molar-refractivity contribution in [1.29, 1.82) is 0 Å². The fraction of sp³-hybridized carbons (Fsp3) is 1.00. The fourth-order valence-electron chi connectivity index (χ4n) is 1.51. The van der Waals surface area contributed by atoms with Crippen LogP contribution in [0.4, 0.5) is 0 Å². The second kappa shape index (κ2) is 10.6. The predicted molar refractivity (Wildman–Crippen MR) is 63.7 cm³/mol. The molecule has 13 heavy (non-hydrogen) atoms. The predicted octanol–water partition coefficient (Wildman–Crippen LogP) is 4.69. The summed E-state index contributed by atoms with van der Waals surface area (Å²) in [6.45, 7) is 4.68. The third-order valence-electron chi connectivity index (χ3n) is 2.62. The van der Waals surface area contributed by atoms with Crippen molar-refractivity contribution in [3.63, 3.8) is 0 Å². The van der Waals surface area contributed by atoms with Crippen LogP contribution < -0.4 is 0 Å². The quantitative estimate of drug-likeness (QED) is 0.411. The van der Waals surface area contributed by atoms with Crippen molar-refractivity contribution in [1.82, 2.24) is 0 Å². The van der Waals surface area contributed by atoms with Gasteiger partial charge in [0.1, 0.15) is 0 Å².